The lowest BCUT2D eigenvalue weighted by Gasteiger charge is -2.30. The van der Waals surface area contributed by atoms with E-state index in [0.717, 1.165) is 37.5 Å². The van der Waals surface area contributed by atoms with E-state index >= 15 is 0 Å². The van der Waals surface area contributed by atoms with Crippen LogP contribution in [0.15, 0.2) is 53.4 Å². The third-order valence-electron chi connectivity index (χ3n) is 5.73. The molecule has 32 heavy (non-hydrogen) atoms. The van der Waals surface area contributed by atoms with Gasteiger partial charge in [0.15, 0.2) is 0 Å². The van der Waals surface area contributed by atoms with Gasteiger partial charge in [-0.1, -0.05) is 19.1 Å². The summed E-state index contributed by atoms with van der Waals surface area (Å²) >= 11 is 0. The molecule has 0 spiro atoms. The number of piperidine rings is 1. The third kappa shape index (κ3) is 7.05. The first-order chi connectivity index (χ1) is 15.4. The van der Waals surface area contributed by atoms with Crippen LogP contribution in [-0.2, 0) is 16.6 Å². The normalized spacial score (nSPS) is 17.1. The molecular weight excluding hydrogens is 426 g/mol. The first-order valence-corrected chi connectivity index (χ1v) is 12.6. The molecule has 1 aliphatic rings. The molecule has 8 heteroatoms. The number of benzene rings is 2. The highest BCUT2D eigenvalue weighted by atomic mass is 32.2. The molecule has 1 fully saturated rings. The lowest BCUT2D eigenvalue weighted by atomic mass is 10.0. The summed E-state index contributed by atoms with van der Waals surface area (Å²) in [4.78, 5) is 15.0. The predicted octanol–water partition coefficient (Wildman–Crippen LogP) is 3.03. The molecule has 3 rings (SSSR count). The minimum absolute atomic E-state index is 0.109. The lowest BCUT2D eigenvalue weighted by molar-refractivity contribution is 0.0950. The zero-order chi connectivity index (χ0) is 23.0. The van der Waals surface area contributed by atoms with Crippen molar-refractivity contribution in [2.24, 2.45) is 5.92 Å². The van der Waals surface area contributed by atoms with Crippen LogP contribution in [0.2, 0.25) is 0 Å². The minimum atomic E-state index is -3.63. The van der Waals surface area contributed by atoms with Crippen molar-refractivity contribution in [3.63, 3.8) is 0 Å². The first-order valence-electron chi connectivity index (χ1n) is 11.1. The third-order valence-corrected chi connectivity index (χ3v) is 7.15. The smallest absolute Gasteiger partial charge is 0.251 e. The van der Waals surface area contributed by atoms with Crippen LogP contribution >= 0.6 is 0 Å². The van der Waals surface area contributed by atoms with Crippen molar-refractivity contribution in [1.82, 2.24) is 14.9 Å². The Balaban J connectivity index is 1.43. The Kier molecular flexibility index (Phi) is 8.67. The zero-order valence-electron chi connectivity index (χ0n) is 18.8. The number of nitrogens with zero attached hydrogens (tertiary/aromatic N) is 1. The standard InChI is InChI=1S/C24H33N3O4S/c1-19-5-3-15-27(18-19)16-4-14-25-24(28)21-8-6-20(7-9-21)17-26-32(29,30)23-12-10-22(31-2)11-13-23/h6-13,19,26H,3-5,14-18H2,1-2H3,(H,25,28)/t19-/m1/s1. The van der Waals surface area contributed by atoms with Crippen LogP contribution in [0.3, 0.4) is 0 Å². The number of hydrogen-bond donors (Lipinski definition) is 2. The van der Waals surface area contributed by atoms with Crippen LogP contribution in [0, 0.1) is 5.92 Å². The van der Waals surface area contributed by atoms with Gasteiger partial charge >= 0.3 is 0 Å². The van der Waals surface area contributed by atoms with Gasteiger partial charge in [0.1, 0.15) is 5.75 Å². The summed E-state index contributed by atoms with van der Waals surface area (Å²) < 4.78 is 32.5. The van der Waals surface area contributed by atoms with Gasteiger partial charge in [-0.25, -0.2) is 13.1 Å². The number of likely N-dealkylation sites (tertiary alicyclic amines) is 1. The Bertz CT molecular complexity index is 975. The summed E-state index contributed by atoms with van der Waals surface area (Å²) in [6.45, 7) is 6.40. The molecule has 0 aliphatic carbocycles. The molecule has 0 saturated carbocycles. The number of sulfonamides is 1. The molecule has 2 aromatic carbocycles. The van der Waals surface area contributed by atoms with Crippen LogP contribution in [0.1, 0.15) is 42.1 Å². The lowest BCUT2D eigenvalue weighted by Crippen LogP contribution is -2.36. The number of nitrogens with one attached hydrogen (secondary N) is 2. The van der Waals surface area contributed by atoms with Crippen LogP contribution in [0.4, 0.5) is 0 Å². The summed E-state index contributed by atoms with van der Waals surface area (Å²) in [6, 6.07) is 13.2. The molecule has 0 bridgehead atoms. The van der Waals surface area contributed by atoms with Crippen LogP contribution in [0.5, 0.6) is 5.75 Å². The maximum Gasteiger partial charge on any atom is 0.251 e. The number of ether oxygens (including phenoxy) is 1. The maximum absolute atomic E-state index is 12.4. The van der Waals surface area contributed by atoms with E-state index in [4.69, 9.17) is 4.74 Å². The average molecular weight is 460 g/mol. The number of hydrogen-bond acceptors (Lipinski definition) is 5. The van der Waals surface area contributed by atoms with Crippen LogP contribution < -0.4 is 14.8 Å². The van der Waals surface area contributed by atoms with Crippen molar-refractivity contribution in [2.45, 2.75) is 37.6 Å². The fourth-order valence-electron chi connectivity index (χ4n) is 3.89. The summed E-state index contributed by atoms with van der Waals surface area (Å²) in [7, 11) is -2.10. The van der Waals surface area contributed by atoms with Crippen molar-refractivity contribution < 1.29 is 17.9 Å². The molecule has 2 aromatic rings. The van der Waals surface area contributed by atoms with Crippen molar-refractivity contribution >= 4 is 15.9 Å². The topological polar surface area (TPSA) is 87.7 Å². The van der Waals surface area contributed by atoms with Gasteiger partial charge in [-0.15, -0.1) is 0 Å². The van der Waals surface area contributed by atoms with Gasteiger partial charge < -0.3 is 15.0 Å². The highest BCUT2D eigenvalue weighted by Crippen LogP contribution is 2.16. The highest BCUT2D eigenvalue weighted by Gasteiger charge is 2.16. The van der Waals surface area contributed by atoms with Crippen LogP contribution in [0.25, 0.3) is 0 Å². The monoisotopic (exact) mass is 459 g/mol. The maximum atomic E-state index is 12.4. The molecule has 0 aromatic heterocycles. The summed E-state index contributed by atoms with van der Waals surface area (Å²) in [6.07, 6.45) is 3.51. The molecule has 174 valence electrons. The second kappa shape index (κ2) is 11.4. The van der Waals surface area contributed by atoms with Crippen molar-refractivity contribution in [3.05, 3.63) is 59.7 Å². The van der Waals surface area contributed by atoms with Gasteiger partial charge in [0.25, 0.3) is 5.91 Å². The molecular formula is C24H33N3O4S. The van der Waals surface area contributed by atoms with E-state index in [9.17, 15) is 13.2 Å². The second-order valence-electron chi connectivity index (χ2n) is 8.35. The molecule has 1 heterocycles. The van der Waals surface area contributed by atoms with E-state index in [-0.39, 0.29) is 17.3 Å². The molecule has 1 saturated heterocycles. The summed E-state index contributed by atoms with van der Waals surface area (Å²) in [5.41, 5.74) is 1.34. The summed E-state index contributed by atoms with van der Waals surface area (Å²) in [5, 5.41) is 2.97. The molecule has 2 N–H and O–H groups in total. The van der Waals surface area contributed by atoms with E-state index in [1.807, 2.05) is 0 Å². The van der Waals surface area contributed by atoms with Crippen molar-refractivity contribution in [2.75, 3.05) is 33.3 Å². The number of methoxy groups -OCH3 is 1. The molecule has 1 aliphatic heterocycles. The predicted molar refractivity (Wildman–Crippen MR) is 125 cm³/mol. The van der Waals surface area contributed by atoms with Gasteiger partial charge in [-0.3, -0.25) is 4.79 Å². The molecule has 0 unspecified atom stereocenters. The number of carbonyl (C=O) groups excluding carboxylic acids is 1. The van der Waals surface area contributed by atoms with Crippen molar-refractivity contribution in [3.8, 4) is 5.75 Å². The fraction of sp³-hybridized carbons (Fsp3) is 0.458. The molecule has 1 atom stereocenters. The SMILES string of the molecule is COc1ccc(S(=O)(=O)NCc2ccc(C(=O)NCCCN3CCC[C@@H](C)C3)cc2)cc1. The van der Waals surface area contributed by atoms with Gasteiger partial charge in [0, 0.05) is 25.2 Å². The Morgan fingerprint density at radius 2 is 1.84 bits per heavy atom. The number of carbonyl (C=O) groups is 1. The van der Waals surface area contributed by atoms with Crippen molar-refractivity contribution in [1.29, 1.82) is 0 Å². The second-order valence-corrected chi connectivity index (χ2v) is 10.1. The van der Waals surface area contributed by atoms with E-state index in [1.165, 1.54) is 32.1 Å². The molecule has 7 nitrogen and oxygen atoms in total. The Morgan fingerprint density at radius 3 is 2.50 bits per heavy atom. The van der Waals surface area contributed by atoms with E-state index < -0.39 is 10.0 Å². The largest absolute Gasteiger partial charge is 0.497 e. The Hall–Kier alpha value is -2.42. The van der Waals surface area contributed by atoms with E-state index in [1.54, 1.807) is 36.4 Å². The van der Waals surface area contributed by atoms with Gasteiger partial charge in [-0.05, 0) is 80.2 Å². The highest BCUT2D eigenvalue weighted by molar-refractivity contribution is 7.89. The van der Waals surface area contributed by atoms with Gasteiger partial charge in [0.05, 0.1) is 12.0 Å². The molecule has 1 amide bonds. The first kappa shape index (κ1) is 24.2. The number of rotatable bonds is 10. The fourth-order valence-corrected chi connectivity index (χ4v) is 4.90. The zero-order valence-corrected chi connectivity index (χ0v) is 19.7. The average Bonchev–Trinajstić information content (AvgIpc) is 2.81. The van der Waals surface area contributed by atoms with E-state index in [0.29, 0.717) is 17.9 Å². The van der Waals surface area contributed by atoms with Gasteiger partial charge in [-0.2, -0.15) is 0 Å². The minimum Gasteiger partial charge on any atom is -0.497 e. The quantitative estimate of drug-likeness (QED) is 0.533. The van der Waals surface area contributed by atoms with E-state index in [2.05, 4.69) is 21.9 Å². The summed E-state index contributed by atoms with van der Waals surface area (Å²) in [5.74, 6) is 1.25. The number of amides is 1. The van der Waals surface area contributed by atoms with Crippen LogP contribution in [-0.4, -0.2) is 52.5 Å². The Morgan fingerprint density at radius 1 is 1.12 bits per heavy atom. The Labute approximate surface area is 191 Å². The molecule has 0 radical (unpaired) electrons. The van der Waals surface area contributed by atoms with Gasteiger partial charge in [0.2, 0.25) is 10.0 Å².